The normalized spacial score (nSPS) is 23.1. The second-order valence-electron chi connectivity index (χ2n) is 9.25. The molecule has 0 aliphatic carbocycles. The number of nitrogen functional groups attached to an aromatic ring is 1. The van der Waals surface area contributed by atoms with E-state index in [4.69, 9.17) is 10.5 Å². The maximum atomic E-state index is 9.48. The van der Waals surface area contributed by atoms with E-state index in [-0.39, 0.29) is 12.2 Å². The van der Waals surface area contributed by atoms with E-state index < -0.39 is 0 Å². The average Bonchev–Trinajstić information content (AvgIpc) is 2.86. The molecule has 3 atom stereocenters. The summed E-state index contributed by atoms with van der Waals surface area (Å²) in [5.74, 6) is 0.558. The van der Waals surface area contributed by atoms with Gasteiger partial charge in [-0.25, -0.2) is 4.98 Å². The number of rotatable bonds is 5. The van der Waals surface area contributed by atoms with Crippen molar-refractivity contribution in [1.29, 1.82) is 5.26 Å². The molecule has 8 nitrogen and oxygen atoms in total. The number of fused-ring (bicyclic) bond motifs is 1. The van der Waals surface area contributed by atoms with Gasteiger partial charge in [0.15, 0.2) is 0 Å². The monoisotopic (exact) mass is 457 g/mol. The van der Waals surface area contributed by atoms with E-state index in [2.05, 4.69) is 38.1 Å². The summed E-state index contributed by atoms with van der Waals surface area (Å²) in [5, 5.41) is 14.2. The number of nitrogens with one attached hydrogen (secondary N) is 1. The van der Waals surface area contributed by atoms with Gasteiger partial charge in [-0.1, -0.05) is 0 Å². The minimum absolute atomic E-state index is 0.0815. The van der Waals surface area contributed by atoms with Crippen LogP contribution in [0, 0.1) is 11.3 Å². The number of ether oxygens (including phenoxy) is 1. The van der Waals surface area contributed by atoms with Crippen LogP contribution in [0.3, 0.4) is 0 Å². The predicted molar refractivity (Wildman–Crippen MR) is 135 cm³/mol. The maximum Gasteiger partial charge on any atom is 0.125 e. The van der Waals surface area contributed by atoms with Gasteiger partial charge in [-0.15, -0.1) is 0 Å². The molecule has 2 aromatic heterocycles. The van der Waals surface area contributed by atoms with Gasteiger partial charge in [0.05, 0.1) is 23.3 Å². The Bertz CT molecular complexity index is 1190. The zero-order chi connectivity index (χ0) is 23.5. The van der Waals surface area contributed by atoms with Gasteiger partial charge in [0.1, 0.15) is 11.9 Å². The Labute approximate surface area is 200 Å². The van der Waals surface area contributed by atoms with E-state index in [0.717, 1.165) is 67.8 Å². The quantitative estimate of drug-likeness (QED) is 0.603. The number of pyridine rings is 2. The molecule has 2 fully saturated rings. The van der Waals surface area contributed by atoms with Gasteiger partial charge in [0.2, 0.25) is 0 Å². The minimum atomic E-state index is 0.0815. The lowest BCUT2D eigenvalue weighted by molar-refractivity contribution is -0.0159. The highest BCUT2D eigenvalue weighted by Gasteiger charge is 2.28. The molecule has 0 spiro atoms. The number of aromatic nitrogens is 2. The fraction of sp³-hybridized carbons (Fsp3) is 0.423. The molecule has 0 radical (unpaired) electrons. The minimum Gasteiger partial charge on any atom is -0.384 e. The Kier molecular flexibility index (Phi) is 6.48. The van der Waals surface area contributed by atoms with Gasteiger partial charge in [-0.3, -0.25) is 4.98 Å². The number of nitrogens with two attached hydrogens (primary N) is 1. The highest BCUT2D eigenvalue weighted by Crippen LogP contribution is 2.30. The first-order chi connectivity index (χ1) is 16.6. The van der Waals surface area contributed by atoms with Crippen LogP contribution in [-0.2, 0) is 4.74 Å². The summed E-state index contributed by atoms with van der Waals surface area (Å²) in [6.07, 6.45) is 6.00. The first kappa shape index (κ1) is 22.4. The van der Waals surface area contributed by atoms with Crippen molar-refractivity contribution in [2.45, 2.75) is 38.0 Å². The largest absolute Gasteiger partial charge is 0.384 e. The van der Waals surface area contributed by atoms with E-state index >= 15 is 0 Å². The molecule has 0 saturated carbocycles. The van der Waals surface area contributed by atoms with Gasteiger partial charge in [0, 0.05) is 74.0 Å². The highest BCUT2D eigenvalue weighted by molar-refractivity contribution is 5.95. The summed E-state index contributed by atoms with van der Waals surface area (Å²) < 4.78 is 6.30. The van der Waals surface area contributed by atoms with E-state index in [9.17, 15) is 5.26 Å². The molecule has 2 aliphatic rings. The maximum absolute atomic E-state index is 9.48. The Balaban J connectivity index is 1.25. The topological polar surface area (TPSA) is 103 Å². The smallest absolute Gasteiger partial charge is 0.125 e. The summed E-state index contributed by atoms with van der Waals surface area (Å²) in [6.45, 7) is 6.51. The van der Waals surface area contributed by atoms with Crippen molar-refractivity contribution in [3.05, 3.63) is 54.4 Å². The lowest BCUT2D eigenvalue weighted by Crippen LogP contribution is -2.53. The molecule has 1 aromatic carbocycles. The zero-order valence-corrected chi connectivity index (χ0v) is 19.5. The van der Waals surface area contributed by atoms with Gasteiger partial charge >= 0.3 is 0 Å². The number of anilines is 3. The van der Waals surface area contributed by atoms with Crippen LogP contribution in [0.1, 0.15) is 25.3 Å². The van der Waals surface area contributed by atoms with Crippen LogP contribution < -0.4 is 20.9 Å². The third-order valence-electron chi connectivity index (χ3n) is 6.72. The van der Waals surface area contributed by atoms with Crippen LogP contribution in [0.25, 0.3) is 10.9 Å². The lowest BCUT2D eigenvalue weighted by Gasteiger charge is -2.40. The van der Waals surface area contributed by atoms with Gasteiger partial charge < -0.3 is 25.6 Å². The van der Waals surface area contributed by atoms with Crippen LogP contribution in [0.5, 0.6) is 0 Å². The summed E-state index contributed by atoms with van der Waals surface area (Å²) in [7, 11) is 0. The van der Waals surface area contributed by atoms with Crippen molar-refractivity contribution < 1.29 is 4.74 Å². The Morgan fingerprint density at radius 1 is 1.15 bits per heavy atom. The number of nitrogens with zero attached hydrogens (tertiary/aromatic N) is 5. The van der Waals surface area contributed by atoms with E-state index in [1.54, 1.807) is 12.4 Å². The van der Waals surface area contributed by atoms with Crippen molar-refractivity contribution in [3.63, 3.8) is 0 Å². The van der Waals surface area contributed by atoms with Crippen LogP contribution in [0.4, 0.5) is 17.2 Å². The van der Waals surface area contributed by atoms with Crippen molar-refractivity contribution in [3.8, 4) is 6.07 Å². The second-order valence-corrected chi connectivity index (χ2v) is 9.25. The number of morpholine rings is 1. The third kappa shape index (κ3) is 4.76. The molecule has 0 amide bonds. The van der Waals surface area contributed by atoms with Crippen LogP contribution in [0.15, 0.2) is 48.8 Å². The molecule has 176 valence electrons. The van der Waals surface area contributed by atoms with Crippen LogP contribution >= 0.6 is 0 Å². The summed E-state index contributed by atoms with van der Waals surface area (Å²) in [6, 6.07) is 14.5. The molecule has 2 saturated heterocycles. The third-order valence-corrected chi connectivity index (χ3v) is 6.72. The molecular weight excluding hydrogens is 426 g/mol. The second kappa shape index (κ2) is 9.84. The first-order valence-electron chi connectivity index (χ1n) is 12.0. The molecule has 2 unspecified atom stereocenters. The molecule has 2 aliphatic heterocycles. The molecule has 4 heterocycles. The van der Waals surface area contributed by atoms with Crippen LogP contribution in [-0.4, -0.2) is 60.9 Å². The molecular formula is C26H31N7O. The van der Waals surface area contributed by atoms with Gasteiger partial charge in [-0.2, -0.15) is 5.26 Å². The summed E-state index contributed by atoms with van der Waals surface area (Å²) >= 11 is 0. The Morgan fingerprint density at radius 2 is 2.06 bits per heavy atom. The first-order valence-corrected chi connectivity index (χ1v) is 12.0. The van der Waals surface area contributed by atoms with Crippen molar-refractivity contribution in [2.24, 2.45) is 0 Å². The van der Waals surface area contributed by atoms with Gasteiger partial charge in [0.25, 0.3) is 0 Å². The zero-order valence-electron chi connectivity index (χ0n) is 19.5. The van der Waals surface area contributed by atoms with E-state index in [1.165, 1.54) is 0 Å². The fourth-order valence-electron chi connectivity index (χ4n) is 5.19. The number of hydrogen-bond donors (Lipinski definition) is 2. The Hall–Kier alpha value is -3.41. The predicted octanol–water partition coefficient (Wildman–Crippen LogP) is 2.94. The molecule has 8 heteroatoms. The number of nitriles is 1. The molecule has 0 bridgehead atoms. The standard InChI is InChI=1S/C26H31N7O/c1-18-15-33(24-7-6-19(13-27)26-23(24)5-2-9-30-26)17-22(34-18)14-31-20-4-3-11-32(16-20)21-8-10-29-25(28)12-21/h2,5-10,12,18,20,22,31H,3-4,11,14-17H2,1H3,(H2,28,29)/t18?,20-,22?/m1/s1. The lowest BCUT2D eigenvalue weighted by atomic mass is 10.0. The van der Waals surface area contributed by atoms with E-state index in [1.807, 2.05) is 36.4 Å². The number of piperidine rings is 1. The van der Waals surface area contributed by atoms with Crippen molar-refractivity contribution in [1.82, 2.24) is 15.3 Å². The van der Waals surface area contributed by atoms with Crippen molar-refractivity contribution >= 4 is 28.1 Å². The molecule has 3 N–H and O–H groups in total. The average molecular weight is 458 g/mol. The Morgan fingerprint density at radius 3 is 2.91 bits per heavy atom. The molecule has 5 rings (SSSR count). The molecule has 34 heavy (non-hydrogen) atoms. The summed E-state index contributed by atoms with van der Waals surface area (Å²) in [5.41, 5.74) is 9.50. The highest BCUT2D eigenvalue weighted by atomic mass is 16.5. The summed E-state index contributed by atoms with van der Waals surface area (Å²) in [4.78, 5) is 13.3. The number of hydrogen-bond acceptors (Lipinski definition) is 8. The van der Waals surface area contributed by atoms with Gasteiger partial charge in [-0.05, 0) is 50.1 Å². The molecule has 3 aromatic rings. The number of benzene rings is 1. The van der Waals surface area contributed by atoms with E-state index in [0.29, 0.717) is 17.4 Å². The van der Waals surface area contributed by atoms with Crippen molar-refractivity contribution in [2.75, 3.05) is 48.3 Å². The van der Waals surface area contributed by atoms with Crippen LogP contribution in [0.2, 0.25) is 0 Å². The SMILES string of the molecule is CC1CN(c2ccc(C#N)c3ncccc23)CC(CN[C@@H]2CCCN(c3ccnc(N)c3)C2)O1. The fourth-order valence-corrected chi connectivity index (χ4v) is 5.19.